The number of para-hydroxylation sites is 1. The zero-order valence-corrected chi connectivity index (χ0v) is 11.3. The van der Waals surface area contributed by atoms with Crippen molar-refractivity contribution in [1.82, 2.24) is 0 Å². The summed E-state index contributed by atoms with van der Waals surface area (Å²) >= 11 is 0. The van der Waals surface area contributed by atoms with Gasteiger partial charge in [-0.3, -0.25) is 0 Å². The van der Waals surface area contributed by atoms with E-state index in [4.69, 9.17) is 14.9 Å². The van der Waals surface area contributed by atoms with Crippen molar-refractivity contribution in [2.45, 2.75) is 39.7 Å². The van der Waals surface area contributed by atoms with E-state index in [9.17, 15) is 0 Å². The number of furan rings is 1. The van der Waals surface area contributed by atoms with E-state index in [1.54, 1.807) is 0 Å². The first-order valence-corrected chi connectivity index (χ1v) is 6.56. The van der Waals surface area contributed by atoms with Crippen LogP contribution in [0.5, 0.6) is 5.75 Å². The summed E-state index contributed by atoms with van der Waals surface area (Å²) in [6, 6.07) is 6.03. The lowest BCUT2D eigenvalue weighted by Gasteiger charge is -2.06. The highest BCUT2D eigenvalue weighted by Gasteiger charge is 2.18. The van der Waals surface area contributed by atoms with E-state index >= 15 is 0 Å². The van der Waals surface area contributed by atoms with Gasteiger partial charge in [0.05, 0.1) is 13.2 Å². The van der Waals surface area contributed by atoms with E-state index in [0.717, 1.165) is 28.9 Å². The second-order valence-corrected chi connectivity index (χ2v) is 4.78. The Morgan fingerprint density at radius 3 is 2.72 bits per heavy atom. The minimum atomic E-state index is 0.395. The third kappa shape index (κ3) is 2.23. The van der Waals surface area contributed by atoms with Gasteiger partial charge in [0.1, 0.15) is 5.76 Å². The lowest BCUT2D eigenvalue weighted by atomic mass is 9.99. The minimum absolute atomic E-state index is 0.395. The predicted molar refractivity (Wildman–Crippen MR) is 74.0 cm³/mol. The van der Waals surface area contributed by atoms with Gasteiger partial charge in [0.25, 0.3) is 0 Å². The molecular weight excluding hydrogens is 226 g/mol. The maximum atomic E-state index is 5.89. The molecule has 0 saturated carbocycles. The van der Waals surface area contributed by atoms with Crippen molar-refractivity contribution in [2.75, 3.05) is 6.61 Å². The van der Waals surface area contributed by atoms with Gasteiger partial charge in [-0.1, -0.05) is 32.9 Å². The van der Waals surface area contributed by atoms with Gasteiger partial charge in [0.2, 0.25) is 0 Å². The highest BCUT2D eigenvalue weighted by atomic mass is 16.5. The molecule has 1 heterocycles. The van der Waals surface area contributed by atoms with E-state index in [2.05, 4.69) is 26.8 Å². The molecule has 0 aliphatic rings. The Labute approximate surface area is 108 Å². The Bertz CT molecular complexity index is 529. The minimum Gasteiger partial charge on any atom is -0.490 e. The van der Waals surface area contributed by atoms with Gasteiger partial charge in [-0.25, -0.2) is 0 Å². The third-order valence-electron chi connectivity index (χ3n) is 3.02. The predicted octanol–water partition coefficient (Wildman–Crippen LogP) is 3.80. The van der Waals surface area contributed by atoms with Crippen LogP contribution in [0.3, 0.4) is 0 Å². The Hall–Kier alpha value is -1.48. The molecule has 18 heavy (non-hydrogen) atoms. The smallest absolute Gasteiger partial charge is 0.176 e. The molecule has 0 aliphatic carbocycles. The average Bonchev–Trinajstić information content (AvgIpc) is 2.75. The van der Waals surface area contributed by atoms with Crippen LogP contribution in [0, 0.1) is 0 Å². The maximum absolute atomic E-state index is 5.89. The topological polar surface area (TPSA) is 48.4 Å². The fourth-order valence-electron chi connectivity index (χ4n) is 2.27. The molecule has 2 N–H and O–H groups in total. The van der Waals surface area contributed by atoms with E-state index in [1.807, 2.05) is 12.1 Å². The standard InChI is InChI=1S/C15H21NO2/c1-4-8-17-12-7-5-6-11-14(10(2)3)13(9-16)18-15(11)12/h5-7,10H,4,8-9,16H2,1-3H3. The van der Waals surface area contributed by atoms with Gasteiger partial charge in [0, 0.05) is 10.9 Å². The molecule has 0 aliphatic heterocycles. The van der Waals surface area contributed by atoms with Crippen molar-refractivity contribution in [3.05, 3.63) is 29.5 Å². The molecule has 0 saturated heterocycles. The molecule has 2 rings (SSSR count). The monoisotopic (exact) mass is 247 g/mol. The summed E-state index contributed by atoms with van der Waals surface area (Å²) in [5.41, 5.74) is 7.80. The summed E-state index contributed by atoms with van der Waals surface area (Å²) in [5.74, 6) is 2.08. The van der Waals surface area contributed by atoms with Crippen molar-refractivity contribution in [1.29, 1.82) is 0 Å². The molecule has 0 unspecified atom stereocenters. The number of nitrogens with two attached hydrogens (primary N) is 1. The highest BCUT2D eigenvalue weighted by molar-refractivity contribution is 5.87. The zero-order chi connectivity index (χ0) is 13.1. The van der Waals surface area contributed by atoms with Crippen LogP contribution in [0.4, 0.5) is 0 Å². The quantitative estimate of drug-likeness (QED) is 0.874. The van der Waals surface area contributed by atoms with E-state index < -0.39 is 0 Å². The van der Waals surface area contributed by atoms with Gasteiger partial charge in [-0.05, 0) is 18.4 Å². The average molecular weight is 247 g/mol. The lowest BCUT2D eigenvalue weighted by molar-refractivity contribution is 0.315. The maximum Gasteiger partial charge on any atom is 0.176 e. The van der Waals surface area contributed by atoms with Crippen molar-refractivity contribution >= 4 is 11.0 Å². The summed E-state index contributed by atoms with van der Waals surface area (Å²) in [6.07, 6.45) is 0.984. The third-order valence-corrected chi connectivity index (χ3v) is 3.02. The van der Waals surface area contributed by atoms with Crippen molar-refractivity contribution in [2.24, 2.45) is 5.73 Å². The molecular formula is C15H21NO2. The van der Waals surface area contributed by atoms with Crippen LogP contribution in [-0.4, -0.2) is 6.61 Å². The fraction of sp³-hybridized carbons (Fsp3) is 0.467. The molecule has 2 aromatic rings. The Morgan fingerprint density at radius 2 is 2.11 bits per heavy atom. The number of rotatable bonds is 5. The van der Waals surface area contributed by atoms with Crippen molar-refractivity contribution < 1.29 is 9.15 Å². The molecule has 0 spiro atoms. The molecule has 0 amide bonds. The first kappa shape index (κ1) is 13.0. The van der Waals surface area contributed by atoms with E-state index in [-0.39, 0.29) is 0 Å². The Morgan fingerprint density at radius 1 is 1.33 bits per heavy atom. The molecule has 3 nitrogen and oxygen atoms in total. The van der Waals surface area contributed by atoms with Gasteiger partial charge >= 0.3 is 0 Å². The van der Waals surface area contributed by atoms with Crippen LogP contribution in [0.2, 0.25) is 0 Å². The van der Waals surface area contributed by atoms with Gasteiger partial charge in [-0.2, -0.15) is 0 Å². The summed E-state index contributed by atoms with van der Waals surface area (Å²) in [5, 5.41) is 1.12. The number of benzene rings is 1. The normalized spacial score (nSPS) is 11.4. The number of hydrogen-bond donors (Lipinski definition) is 1. The first-order valence-electron chi connectivity index (χ1n) is 6.56. The van der Waals surface area contributed by atoms with Crippen molar-refractivity contribution in [3.8, 4) is 5.75 Å². The molecule has 98 valence electrons. The summed E-state index contributed by atoms with van der Waals surface area (Å²) in [7, 11) is 0. The fourth-order valence-corrected chi connectivity index (χ4v) is 2.27. The SMILES string of the molecule is CCCOc1cccc2c(C(C)C)c(CN)oc12. The largest absolute Gasteiger partial charge is 0.490 e. The molecule has 1 aromatic carbocycles. The summed E-state index contributed by atoms with van der Waals surface area (Å²) < 4.78 is 11.6. The molecule has 1 aromatic heterocycles. The van der Waals surface area contributed by atoms with Gasteiger partial charge in [0.15, 0.2) is 11.3 Å². The van der Waals surface area contributed by atoms with Crippen LogP contribution in [0.15, 0.2) is 22.6 Å². The zero-order valence-electron chi connectivity index (χ0n) is 11.3. The number of hydrogen-bond acceptors (Lipinski definition) is 3. The number of fused-ring (bicyclic) bond motifs is 1. The first-order chi connectivity index (χ1) is 8.69. The van der Waals surface area contributed by atoms with E-state index in [0.29, 0.717) is 19.1 Å². The molecule has 0 bridgehead atoms. The molecule has 0 atom stereocenters. The van der Waals surface area contributed by atoms with Crippen molar-refractivity contribution in [3.63, 3.8) is 0 Å². The van der Waals surface area contributed by atoms with Crippen LogP contribution >= 0.6 is 0 Å². The van der Waals surface area contributed by atoms with Crippen LogP contribution < -0.4 is 10.5 Å². The van der Waals surface area contributed by atoms with Gasteiger partial charge in [-0.15, -0.1) is 0 Å². The molecule has 0 fully saturated rings. The lowest BCUT2D eigenvalue weighted by Crippen LogP contribution is -1.99. The molecule has 3 heteroatoms. The van der Waals surface area contributed by atoms with Crippen LogP contribution in [0.1, 0.15) is 44.4 Å². The van der Waals surface area contributed by atoms with Gasteiger partial charge < -0.3 is 14.9 Å². The summed E-state index contributed by atoms with van der Waals surface area (Å²) in [6.45, 7) is 7.53. The van der Waals surface area contributed by atoms with Crippen LogP contribution in [-0.2, 0) is 6.54 Å². The number of ether oxygens (including phenoxy) is 1. The Balaban J connectivity index is 2.57. The second kappa shape index (κ2) is 5.44. The van der Waals surface area contributed by atoms with Crippen LogP contribution in [0.25, 0.3) is 11.0 Å². The summed E-state index contributed by atoms with van der Waals surface area (Å²) in [4.78, 5) is 0. The van der Waals surface area contributed by atoms with E-state index in [1.165, 1.54) is 5.56 Å². The Kier molecular flexibility index (Phi) is 3.92. The second-order valence-electron chi connectivity index (χ2n) is 4.78. The molecule has 0 radical (unpaired) electrons. The highest BCUT2D eigenvalue weighted by Crippen LogP contribution is 2.36.